The van der Waals surface area contributed by atoms with Crippen molar-refractivity contribution >= 4 is 23.2 Å². The summed E-state index contributed by atoms with van der Waals surface area (Å²) in [6.45, 7) is 1.35. The van der Waals surface area contributed by atoms with Crippen molar-refractivity contribution in [2.24, 2.45) is 0 Å². The number of nitrogens with zero attached hydrogens (tertiary/aromatic N) is 1. The van der Waals surface area contributed by atoms with Gasteiger partial charge >= 0.3 is 0 Å². The van der Waals surface area contributed by atoms with E-state index in [9.17, 15) is 4.79 Å². The summed E-state index contributed by atoms with van der Waals surface area (Å²) < 4.78 is 5.29. The molecule has 2 rings (SSSR count). The van der Waals surface area contributed by atoms with E-state index in [0.717, 1.165) is 5.56 Å². The van der Waals surface area contributed by atoms with E-state index < -0.39 is 0 Å². The smallest absolute Gasteiger partial charge is 0.262 e. The Morgan fingerprint density at radius 2 is 2.37 bits per heavy atom. The minimum atomic E-state index is -0.208. The number of alkyl halides is 1. The molecule has 1 aliphatic heterocycles. The maximum absolute atomic E-state index is 11.3. The van der Waals surface area contributed by atoms with Crippen LogP contribution in [0.5, 0.6) is 5.75 Å². The molecule has 1 unspecified atom stereocenters. The van der Waals surface area contributed by atoms with Crippen LogP contribution >= 0.6 is 11.6 Å². The number of likely N-dealkylation sites (N-methyl/N-ethyl adjacent to an activating group) is 1. The van der Waals surface area contributed by atoms with Crippen LogP contribution in [0.15, 0.2) is 18.2 Å². The molecule has 6 heteroatoms. The van der Waals surface area contributed by atoms with Gasteiger partial charge in [-0.2, -0.15) is 0 Å². The number of nitrogens with one attached hydrogen (secondary N) is 1. The predicted molar refractivity (Wildman–Crippen MR) is 73.7 cm³/mol. The Labute approximate surface area is 117 Å². The molecule has 0 saturated heterocycles. The summed E-state index contributed by atoms with van der Waals surface area (Å²) in [4.78, 5) is 13.2. The molecule has 104 valence electrons. The van der Waals surface area contributed by atoms with Gasteiger partial charge in [0.25, 0.3) is 5.91 Å². The average Bonchev–Trinajstić information content (AvgIpc) is 2.38. The third-order valence-electron chi connectivity index (χ3n) is 2.95. The van der Waals surface area contributed by atoms with Gasteiger partial charge in [-0.3, -0.25) is 4.79 Å². The lowest BCUT2D eigenvalue weighted by molar-refractivity contribution is -0.118. The Hall–Kier alpha value is -1.30. The zero-order valence-corrected chi connectivity index (χ0v) is 11.5. The van der Waals surface area contributed by atoms with Crippen molar-refractivity contribution in [2.75, 3.05) is 38.7 Å². The van der Waals surface area contributed by atoms with Gasteiger partial charge in [-0.05, 0) is 24.7 Å². The average molecular weight is 285 g/mol. The Morgan fingerprint density at radius 3 is 3.11 bits per heavy atom. The summed E-state index contributed by atoms with van der Waals surface area (Å²) in [6.07, 6.45) is 0. The van der Waals surface area contributed by atoms with Crippen molar-refractivity contribution in [3.63, 3.8) is 0 Å². The molecule has 0 radical (unpaired) electrons. The maximum Gasteiger partial charge on any atom is 0.262 e. The molecule has 0 aliphatic carbocycles. The maximum atomic E-state index is 11.3. The minimum absolute atomic E-state index is 0.0515. The van der Waals surface area contributed by atoms with Crippen molar-refractivity contribution in [2.45, 2.75) is 5.38 Å². The number of amides is 1. The van der Waals surface area contributed by atoms with E-state index in [2.05, 4.69) is 5.32 Å². The number of benzene rings is 1. The standard InChI is InChI=1S/C13H17ClN2O3/c1-16(4-5-17)7-10(14)9-2-3-12-11(6-9)15-13(18)8-19-12/h2-3,6,10,17H,4-5,7-8H2,1H3,(H,15,18). The first-order valence-corrected chi connectivity index (χ1v) is 6.54. The fraction of sp³-hybridized carbons (Fsp3) is 0.462. The zero-order chi connectivity index (χ0) is 13.8. The second kappa shape index (κ2) is 6.23. The molecule has 0 bridgehead atoms. The molecule has 19 heavy (non-hydrogen) atoms. The zero-order valence-electron chi connectivity index (χ0n) is 10.7. The molecular formula is C13H17ClN2O3. The van der Waals surface area contributed by atoms with E-state index >= 15 is 0 Å². The summed E-state index contributed by atoms with van der Waals surface area (Å²) in [5, 5.41) is 11.4. The predicted octanol–water partition coefficient (Wildman–Crippen LogP) is 1.22. The lowest BCUT2D eigenvalue weighted by Crippen LogP contribution is -2.27. The van der Waals surface area contributed by atoms with Crippen LogP contribution in [0, 0.1) is 0 Å². The van der Waals surface area contributed by atoms with Crippen LogP contribution < -0.4 is 10.1 Å². The lowest BCUT2D eigenvalue weighted by Gasteiger charge is -2.22. The summed E-state index contributed by atoms with van der Waals surface area (Å²) in [5.41, 5.74) is 1.57. The lowest BCUT2D eigenvalue weighted by atomic mass is 10.1. The summed E-state index contributed by atoms with van der Waals surface area (Å²) >= 11 is 6.34. The van der Waals surface area contributed by atoms with Gasteiger partial charge in [-0.15, -0.1) is 11.6 Å². The first kappa shape index (κ1) is 14.1. The number of fused-ring (bicyclic) bond motifs is 1. The molecule has 1 aromatic carbocycles. The van der Waals surface area contributed by atoms with Crippen LogP contribution in [-0.4, -0.2) is 49.3 Å². The number of hydrogen-bond donors (Lipinski definition) is 2. The Bertz CT molecular complexity index is 467. The largest absolute Gasteiger partial charge is 0.482 e. The molecule has 0 aromatic heterocycles. The number of aliphatic hydroxyl groups is 1. The van der Waals surface area contributed by atoms with E-state index in [-0.39, 0.29) is 24.5 Å². The quantitative estimate of drug-likeness (QED) is 0.798. The van der Waals surface area contributed by atoms with Gasteiger partial charge in [0.2, 0.25) is 0 Å². The van der Waals surface area contributed by atoms with Gasteiger partial charge < -0.3 is 20.1 Å². The molecule has 1 heterocycles. The van der Waals surface area contributed by atoms with Crippen LogP contribution in [0.1, 0.15) is 10.9 Å². The number of ether oxygens (including phenoxy) is 1. The topological polar surface area (TPSA) is 61.8 Å². The molecule has 2 N–H and O–H groups in total. The number of halogens is 1. The van der Waals surface area contributed by atoms with Crippen molar-refractivity contribution in [3.8, 4) is 5.75 Å². The minimum Gasteiger partial charge on any atom is -0.482 e. The van der Waals surface area contributed by atoms with Crippen LogP contribution in [-0.2, 0) is 4.79 Å². The van der Waals surface area contributed by atoms with Crippen molar-refractivity contribution < 1.29 is 14.6 Å². The Morgan fingerprint density at radius 1 is 1.58 bits per heavy atom. The van der Waals surface area contributed by atoms with Gasteiger partial charge in [0.15, 0.2) is 6.61 Å². The molecule has 1 atom stereocenters. The molecule has 1 aromatic rings. The fourth-order valence-corrected chi connectivity index (χ4v) is 2.31. The fourth-order valence-electron chi connectivity index (χ4n) is 1.94. The molecule has 0 saturated carbocycles. The number of anilines is 1. The monoisotopic (exact) mass is 284 g/mol. The highest BCUT2D eigenvalue weighted by molar-refractivity contribution is 6.21. The number of aliphatic hydroxyl groups excluding tert-OH is 1. The number of carbonyl (C=O) groups is 1. The third-order valence-corrected chi connectivity index (χ3v) is 3.34. The number of carbonyl (C=O) groups excluding carboxylic acids is 1. The second-order valence-corrected chi connectivity index (χ2v) is 5.07. The molecule has 1 amide bonds. The van der Waals surface area contributed by atoms with Crippen molar-refractivity contribution in [1.29, 1.82) is 0 Å². The van der Waals surface area contributed by atoms with E-state index in [1.54, 1.807) is 0 Å². The number of rotatable bonds is 5. The summed E-state index contributed by atoms with van der Waals surface area (Å²) in [7, 11) is 1.90. The van der Waals surface area contributed by atoms with Gasteiger partial charge in [0, 0.05) is 13.1 Å². The van der Waals surface area contributed by atoms with Gasteiger partial charge in [-0.1, -0.05) is 6.07 Å². The van der Waals surface area contributed by atoms with Gasteiger partial charge in [0.05, 0.1) is 17.7 Å². The number of hydrogen-bond acceptors (Lipinski definition) is 4. The van der Waals surface area contributed by atoms with Crippen LogP contribution in [0.25, 0.3) is 0 Å². The highest BCUT2D eigenvalue weighted by Crippen LogP contribution is 2.32. The van der Waals surface area contributed by atoms with Crippen LogP contribution in [0.2, 0.25) is 0 Å². The Balaban J connectivity index is 2.08. The SMILES string of the molecule is CN(CCO)CC(Cl)c1ccc2c(c1)NC(=O)CO2. The first-order chi connectivity index (χ1) is 9.10. The van der Waals surface area contributed by atoms with E-state index in [0.29, 0.717) is 24.5 Å². The normalized spacial score (nSPS) is 15.7. The molecule has 1 aliphatic rings. The van der Waals surface area contributed by atoms with E-state index in [1.165, 1.54) is 0 Å². The Kier molecular flexibility index (Phi) is 4.63. The van der Waals surface area contributed by atoms with E-state index in [1.807, 2.05) is 30.1 Å². The first-order valence-electron chi connectivity index (χ1n) is 6.10. The molecule has 0 spiro atoms. The second-order valence-electron chi connectivity index (χ2n) is 4.55. The molecule has 5 nitrogen and oxygen atoms in total. The summed E-state index contributed by atoms with van der Waals surface area (Å²) in [5.74, 6) is 0.504. The summed E-state index contributed by atoms with van der Waals surface area (Å²) in [6, 6.07) is 5.53. The van der Waals surface area contributed by atoms with Gasteiger partial charge in [0.1, 0.15) is 5.75 Å². The molecular weight excluding hydrogens is 268 g/mol. The third kappa shape index (κ3) is 3.59. The van der Waals surface area contributed by atoms with E-state index in [4.69, 9.17) is 21.4 Å². The van der Waals surface area contributed by atoms with Crippen molar-refractivity contribution in [1.82, 2.24) is 4.90 Å². The highest BCUT2D eigenvalue weighted by atomic mass is 35.5. The molecule has 0 fully saturated rings. The van der Waals surface area contributed by atoms with Crippen LogP contribution in [0.4, 0.5) is 5.69 Å². The van der Waals surface area contributed by atoms with Crippen LogP contribution in [0.3, 0.4) is 0 Å². The van der Waals surface area contributed by atoms with Gasteiger partial charge in [-0.25, -0.2) is 0 Å². The highest BCUT2D eigenvalue weighted by Gasteiger charge is 2.18. The van der Waals surface area contributed by atoms with Crippen molar-refractivity contribution in [3.05, 3.63) is 23.8 Å².